The highest BCUT2D eigenvalue weighted by molar-refractivity contribution is 5.83. The molecule has 0 bridgehead atoms. The molecule has 2 aromatic rings. The van der Waals surface area contributed by atoms with Gasteiger partial charge in [0.05, 0.1) is 19.2 Å². The minimum atomic E-state index is -0.193. The normalized spacial score (nSPS) is 10.8. The molecule has 2 rings (SSSR count). The van der Waals surface area contributed by atoms with Crippen LogP contribution in [0.4, 0.5) is 0 Å². The first-order valence-corrected chi connectivity index (χ1v) is 6.98. The van der Waals surface area contributed by atoms with Crippen molar-refractivity contribution in [1.82, 2.24) is 9.99 Å². The van der Waals surface area contributed by atoms with Gasteiger partial charge in [0.1, 0.15) is 0 Å². The maximum atomic E-state index is 11.8. The highest BCUT2D eigenvalue weighted by Crippen LogP contribution is 2.26. The van der Waals surface area contributed by atoms with Crippen molar-refractivity contribution in [3.63, 3.8) is 0 Å². The Labute approximate surface area is 129 Å². The third-order valence-corrected chi connectivity index (χ3v) is 3.08. The van der Waals surface area contributed by atoms with E-state index in [-0.39, 0.29) is 18.1 Å². The summed E-state index contributed by atoms with van der Waals surface area (Å²) < 4.78 is 7.17. The molecule has 1 amide bonds. The van der Waals surface area contributed by atoms with Gasteiger partial charge >= 0.3 is 0 Å². The van der Waals surface area contributed by atoms with Crippen LogP contribution >= 0.6 is 0 Å². The van der Waals surface area contributed by atoms with Crippen molar-refractivity contribution in [2.45, 2.75) is 13.3 Å². The van der Waals surface area contributed by atoms with E-state index >= 15 is 0 Å². The van der Waals surface area contributed by atoms with Crippen molar-refractivity contribution in [2.75, 3.05) is 6.61 Å². The van der Waals surface area contributed by atoms with Crippen LogP contribution in [0.2, 0.25) is 0 Å². The first-order valence-electron chi connectivity index (χ1n) is 6.98. The van der Waals surface area contributed by atoms with E-state index in [4.69, 9.17) is 4.74 Å². The van der Waals surface area contributed by atoms with Crippen molar-refractivity contribution in [2.24, 2.45) is 12.1 Å². The van der Waals surface area contributed by atoms with Gasteiger partial charge in [-0.3, -0.25) is 4.79 Å². The maximum Gasteiger partial charge on any atom is 0.245 e. The Balaban J connectivity index is 1.93. The molecular weight excluding hydrogens is 282 g/mol. The minimum absolute atomic E-state index is 0.0757. The van der Waals surface area contributed by atoms with Gasteiger partial charge in [-0.15, -0.1) is 0 Å². The Kier molecular flexibility index (Phi) is 5.19. The first-order chi connectivity index (χ1) is 10.6. The summed E-state index contributed by atoms with van der Waals surface area (Å²) in [6, 6.07) is 8.64. The number of phenols is 1. The van der Waals surface area contributed by atoms with Gasteiger partial charge in [0.25, 0.3) is 0 Å². The molecule has 0 aliphatic carbocycles. The number of ether oxygens (including phenoxy) is 1. The largest absolute Gasteiger partial charge is 0.504 e. The minimum Gasteiger partial charge on any atom is -0.504 e. The number of benzene rings is 1. The van der Waals surface area contributed by atoms with Gasteiger partial charge in [-0.2, -0.15) is 5.10 Å². The van der Waals surface area contributed by atoms with E-state index in [9.17, 15) is 9.90 Å². The lowest BCUT2D eigenvalue weighted by Gasteiger charge is -2.06. The van der Waals surface area contributed by atoms with Gasteiger partial charge in [-0.1, -0.05) is 0 Å². The highest BCUT2D eigenvalue weighted by Gasteiger charge is 2.05. The molecule has 22 heavy (non-hydrogen) atoms. The molecule has 0 fully saturated rings. The lowest BCUT2D eigenvalue weighted by atomic mass is 10.2. The average Bonchev–Trinajstić information content (AvgIpc) is 2.88. The lowest BCUT2D eigenvalue weighted by molar-refractivity contribution is -0.120. The van der Waals surface area contributed by atoms with Gasteiger partial charge in [0.15, 0.2) is 11.5 Å². The summed E-state index contributed by atoms with van der Waals surface area (Å²) in [5.74, 6) is 0.273. The average molecular weight is 301 g/mol. The van der Waals surface area contributed by atoms with E-state index in [1.165, 1.54) is 12.3 Å². The summed E-state index contributed by atoms with van der Waals surface area (Å²) in [4.78, 5) is 11.8. The first kappa shape index (κ1) is 15.6. The zero-order valence-corrected chi connectivity index (χ0v) is 12.6. The topological polar surface area (TPSA) is 75.8 Å². The number of nitrogens with zero attached hydrogens (tertiary/aromatic N) is 2. The van der Waals surface area contributed by atoms with Gasteiger partial charge in [0, 0.05) is 18.9 Å². The summed E-state index contributed by atoms with van der Waals surface area (Å²) in [6.45, 7) is 2.30. The Morgan fingerprint density at radius 3 is 2.95 bits per heavy atom. The molecule has 0 saturated heterocycles. The summed E-state index contributed by atoms with van der Waals surface area (Å²) >= 11 is 0. The number of phenolic OH excluding ortho intramolecular Hbond substituents is 1. The molecule has 0 radical (unpaired) electrons. The fraction of sp³-hybridized carbons (Fsp3) is 0.250. The quantitative estimate of drug-likeness (QED) is 0.631. The molecule has 2 N–H and O–H groups in total. The Hall–Kier alpha value is -2.76. The molecule has 0 saturated carbocycles. The second-order valence-electron chi connectivity index (χ2n) is 4.74. The zero-order valence-electron chi connectivity index (χ0n) is 12.6. The molecule has 0 aliphatic rings. The van der Waals surface area contributed by atoms with Gasteiger partial charge in [0.2, 0.25) is 5.91 Å². The molecule has 1 heterocycles. The van der Waals surface area contributed by atoms with Crippen LogP contribution in [0.5, 0.6) is 11.5 Å². The molecular formula is C16H19N3O3. The molecule has 0 atom stereocenters. The number of amides is 1. The van der Waals surface area contributed by atoms with Crippen LogP contribution in [0, 0.1) is 0 Å². The predicted octanol–water partition coefficient (Wildman–Crippen LogP) is 1.82. The molecule has 6 heteroatoms. The summed E-state index contributed by atoms with van der Waals surface area (Å²) in [5, 5.41) is 13.5. The number of aryl methyl sites for hydroxylation is 1. The van der Waals surface area contributed by atoms with Crippen molar-refractivity contribution >= 4 is 12.1 Å². The fourth-order valence-electron chi connectivity index (χ4n) is 1.95. The van der Waals surface area contributed by atoms with Crippen molar-refractivity contribution in [3.8, 4) is 11.5 Å². The van der Waals surface area contributed by atoms with Gasteiger partial charge < -0.3 is 14.4 Å². The summed E-state index contributed by atoms with van der Waals surface area (Å²) in [6.07, 6.45) is 3.66. The molecule has 0 aliphatic heterocycles. The van der Waals surface area contributed by atoms with Gasteiger partial charge in [-0.05, 0) is 42.8 Å². The number of carbonyl (C=O) groups excluding carboxylic acids is 1. The highest BCUT2D eigenvalue weighted by atomic mass is 16.5. The second-order valence-corrected chi connectivity index (χ2v) is 4.74. The van der Waals surface area contributed by atoms with Crippen LogP contribution in [0.25, 0.3) is 0 Å². The van der Waals surface area contributed by atoms with Crippen molar-refractivity contribution in [1.29, 1.82) is 0 Å². The molecule has 6 nitrogen and oxygen atoms in total. The third-order valence-electron chi connectivity index (χ3n) is 3.08. The number of hydrazone groups is 1. The van der Waals surface area contributed by atoms with Gasteiger partial charge in [-0.25, -0.2) is 5.43 Å². The summed E-state index contributed by atoms with van der Waals surface area (Å²) in [7, 11) is 1.89. The smallest absolute Gasteiger partial charge is 0.245 e. The van der Waals surface area contributed by atoms with E-state index in [1.54, 1.807) is 12.1 Å². The predicted molar refractivity (Wildman–Crippen MR) is 84.1 cm³/mol. The third kappa shape index (κ3) is 4.12. The van der Waals surface area contributed by atoms with E-state index < -0.39 is 0 Å². The standard InChI is InChI=1S/C16H19N3O3/c1-3-22-15-9-12(6-7-14(15)20)11-17-18-16(21)10-13-5-4-8-19(13)2/h4-9,11,20H,3,10H2,1-2H3,(H,18,21)/b17-11+. The van der Waals surface area contributed by atoms with Crippen LogP contribution in [0.15, 0.2) is 41.6 Å². The Bertz CT molecular complexity index is 677. The number of aromatic nitrogens is 1. The van der Waals surface area contributed by atoms with E-state index in [0.717, 1.165) is 11.3 Å². The number of hydrogen-bond acceptors (Lipinski definition) is 4. The monoisotopic (exact) mass is 301 g/mol. The Morgan fingerprint density at radius 2 is 2.27 bits per heavy atom. The zero-order chi connectivity index (χ0) is 15.9. The van der Waals surface area contributed by atoms with E-state index in [2.05, 4.69) is 10.5 Å². The number of aromatic hydroxyl groups is 1. The van der Waals surface area contributed by atoms with Crippen molar-refractivity contribution in [3.05, 3.63) is 47.8 Å². The molecule has 0 unspecified atom stereocenters. The molecule has 1 aromatic heterocycles. The van der Waals surface area contributed by atoms with Crippen molar-refractivity contribution < 1.29 is 14.6 Å². The fourth-order valence-corrected chi connectivity index (χ4v) is 1.95. The number of hydrogen-bond donors (Lipinski definition) is 2. The van der Waals surface area contributed by atoms with Crippen LogP contribution in [0.3, 0.4) is 0 Å². The number of nitrogens with one attached hydrogen (secondary N) is 1. The number of carbonyl (C=O) groups is 1. The SMILES string of the molecule is CCOc1cc(/C=N/NC(=O)Cc2cccn2C)ccc1O. The summed E-state index contributed by atoms with van der Waals surface area (Å²) in [5.41, 5.74) is 4.11. The molecule has 116 valence electrons. The van der Waals surface area contributed by atoms with Crippen LogP contribution in [-0.2, 0) is 18.3 Å². The number of rotatable bonds is 6. The lowest BCUT2D eigenvalue weighted by Crippen LogP contribution is -2.20. The van der Waals surface area contributed by atoms with Crippen LogP contribution < -0.4 is 10.2 Å². The van der Waals surface area contributed by atoms with Crippen LogP contribution in [-0.4, -0.2) is 28.4 Å². The van der Waals surface area contributed by atoms with E-state index in [0.29, 0.717) is 12.4 Å². The Morgan fingerprint density at radius 1 is 1.45 bits per heavy atom. The van der Waals surface area contributed by atoms with Crippen LogP contribution in [0.1, 0.15) is 18.2 Å². The molecule has 0 spiro atoms. The maximum absolute atomic E-state index is 11.8. The second kappa shape index (κ2) is 7.31. The molecule has 1 aromatic carbocycles. The van der Waals surface area contributed by atoms with E-state index in [1.807, 2.05) is 36.9 Å².